The van der Waals surface area contributed by atoms with E-state index in [9.17, 15) is 0 Å². The highest BCUT2D eigenvalue weighted by molar-refractivity contribution is 4.91. The summed E-state index contributed by atoms with van der Waals surface area (Å²) < 4.78 is 5.81. The van der Waals surface area contributed by atoms with E-state index in [1.807, 2.05) is 0 Å². The van der Waals surface area contributed by atoms with E-state index in [1.165, 1.54) is 51.9 Å². The number of nitrogens with two attached hydrogens (primary N) is 1. The van der Waals surface area contributed by atoms with Crippen LogP contribution in [0.15, 0.2) is 0 Å². The van der Waals surface area contributed by atoms with Gasteiger partial charge in [0.15, 0.2) is 0 Å². The van der Waals surface area contributed by atoms with E-state index in [-0.39, 0.29) is 0 Å². The molecule has 0 spiro atoms. The predicted molar refractivity (Wildman–Crippen MR) is 68.0 cm³/mol. The molecule has 1 saturated carbocycles. The van der Waals surface area contributed by atoms with Crippen LogP contribution in [0.5, 0.6) is 0 Å². The molecule has 2 N–H and O–H groups in total. The van der Waals surface area contributed by atoms with Gasteiger partial charge in [0.05, 0.1) is 6.10 Å². The molecule has 0 bridgehead atoms. The second kappa shape index (κ2) is 5.22. The SMILES string of the molecule is NCC(C1CCCO1)N1CCN(C2CC2)CC1. The topological polar surface area (TPSA) is 41.7 Å². The van der Waals surface area contributed by atoms with Crippen LogP contribution in [0, 0.1) is 0 Å². The molecule has 3 fully saturated rings. The van der Waals surface area contributed by atoms with Gasteiger partial charge in [-0.1, -0.05) is 0 Å². The highest BCUT2D eigenvalue weighted by Crippen LogP contribution is 2.28. The second-order valence-electron chi connectivity index (χ2n) is 5.66. The first kappa shape index (κ1) is 11.9. The highest BCUT2D eigenvalue weighted by atomic mass is 16.5. The Morgan fingerprint density at radius 1 is 1.12 bits per heavy atom. The zero-order chi connectivity index (χ0) is 11.7. The summed E-state index contributed by atoms with van der Waals surface area (Å²) in [5, 5.41) is 0. The first-order valence-electron chi connectivity index (χ1n) is 7.18. The van der Waals surface area contributed by atoms with Gasteiger partial charge in [-0.05, 0) is 25.7 Å². The van der Waals surface area contributed by atoms with Gasteiger partial charge in [-0.15, -0.1) is 0 Å². The number of hydrogen-bond donors (Lipinski definition) is 1. The van der Waals surface area contributed by atoms with E-state index < -0.39 is 0 Å². The lowest BCUT2D eigenvalue weighted by molar-refractivity contribution is 0.00463. The summed E-state index contributed by atoms with van der Waals surface area (Å²) in [7, 11) is 0. The van der Waals surface area contributed by atoms with Crippen molar-refractivity contribution >= 4 is 0 Å². The van der Waals surface area contributed by atoms with Crippen molar-refractivity contribution in [1.82, 2.24) is 9.80 Å². The third-order valence-electron chi connectivity index (χ3n) is 4.52. The van der Waals surface area contributed by atoms with E-state index >= 15 is 0 Å². The maximum absolute atomic E-state index is 5.95. The summed E-state index contributed by atoms with van der Waals surface area (Å²) in [5.74, 6) is 0. The molecule has 0 radical (unpaired) electrons. The van der Waals surface area contributed by atoms with Gasteiger partial charge in [-0.3, -0.25) is 9.80 Å². The third-order valence-corrected chi connectivity index (χ3v) is 4.52. The fourth-order valence-corrected chi connectivity index (χ4v) is 3.32. The van der Waals surface area contributed by atoms with Gasteiger partial charge in [0, 0.05) is 51.4 Å². The molecule has 1 aliphatic carbocycles. The smallest absolute Gasteiger partial charge is 0.0743 e. The van der Waals surface area contributed by atoms with Gasteiger partial charge in [0.1, 0.15) is 0 Å². The molecule has 2 unspecified atom stereocenters. The van der Waals surface area contributed by atoms with Crippen molar-refractivity contribution in [2.45, 2.75) is 43.9 Å². The van der Waals surface area contributed by atoms with Gasteiger partial charge in [-0.2, -0.15) is 0 Å². The Morgan fingerprint density at radius 2 is 1.88 bits per heavy atom. The monoisotopic (exact) mass is 239 g/mol. The van der Waals surface area contributed by atoms with E-state index in [1.54, 1.807) is 0 Å². The summed E-state index contributed by atoms with van der Waals surface area (Å²) >= 11 is 0. The summed E-state index contributed by atoms with van der Waals surface area (Å²) in [5.41, 5.74) is 5.95. The molecule has 2 heterocycles. The van der Waals surface area contributed by atoms with Crippen LogP contribution in [0.25, 0.3) is 0 Å². The largest absolute Gasteiger partial charge is 0.377 e. The predicted octanol–water partition coefficient (Wildman–Crippen LogP) is 0.273. The zero-order valence-electron chi connectivity index (χ0n) is 10.7. The molecule has 0 amide bonds. The molecule has 4 heteroatoms. The average molecular weight is 239 g/mol. The molecular weight excluding hydrogens is 214 g/mol. The van der Waals surface area contributed by atoms with Crippen molar-refractivity contribution in [2.24, 2.45) is 5.73 Å². The lowest BCUT2D eigenvalue weighted by atomic mass is 10.1. The van der Waals surface area contributed by atoms with Crippen LogP contribution in [-0.4, -0.2) is 67.3 Å². The van der Waals surface area contributed by atoms with Crippen LogP contribution in [0.4, 0.5) is 0 Å². The van der Waals surface area contributed by atoms with Gasteiger partial charge in [-0.25, -0.2) is 0 Å². The Hall–Kier alpha value is -0.160. The van der Waals surface area contributed by atoms with Crippen LogP contribution in [0.1, 0.15) is 25.7 Å². The summed E-state index contributed by atoms with van der Waals surface area (Å²) in [6.45, 7) is 6.50. The Kier molecular flexibility index (Phi) is 3.66. The Balaban J connectivity index is 1.52. The molecule has 0 aromatic heterocycles. The minimum Gasteiger partial charge on any atom is -0.377 e. The molecule has 2 saturated heterocycles. The molecule has 3 rings (SSSR count). The van der Waals surface area contributed by atoms with Gasteiger partial charge in [0.2, 0.25) is 0 Å². The number of ether oxygens (including phenoxy) is 1. The van der Waals surface area contributed by atoms with E-state index in [0.29, 0.717) is 12.1 Å². The first-order valence-corrected chi connectivity index (χ1v) is 7.18. The molecular formula is C13H25N3O. The van der Waals surface area contributed by atoms with Crippen LogP contribution < -0.4 is 5.73 Å². The second-order valence-corrected chi connectivity index (χ2v) is 5.66. The van der Waals surface area contributed by atoms with E-state index in [2.05, 4.69) is 9.80 Å². The van der Waals surface area contributed by atoms with Crippen LogP contribution in [0.2, 0.25) is 0 Å². The minimum absolute atomic E-state index is 0.396. The maximum Gasteiger partial charge on any atom is 0.0743 e. The van der Waals surface area contributed by atoms with Crippen molar-refractivity contribution in [3.63, 3.8) is 0 Å². The van der Waals surface area contributed by atoms with Crippen molar-refractivity contribution in [3.05, 3.63) is 0 Å². The van der Waals surface area contributed by atoms with Crippen LogP contribution >= 0.6 is 0 Å². The van der Waals surface area contributed by atoms with Crippen molar-refractivity contribution in [3.8, 4) is 0 Å². The third kappa shape index (κ3) is 2.65. The zero-order valence-corrected chi connectivity index (χ0v) is 10.7. The molecule has 2 atom stereocenters. The van der Waals surface area contributed by atoms with Crippen LogP contribution in [-0.2, 0) is 4.74 Å². The molecule has 0 aromatic carbocycles. The molecule has 17 heavy (non-hydrogen) atoms. The number of hydrogen-bond acceptors (Lipinski definition) is 4. The van der Waals surface area contributed by atoms with Crippen molar-refractivity contribution in [1.29, 1.82) is 0 Å². The molecule has 2 aliphatic heterocycles. The van der Waals surface area contributed by atoms with E-state index in [0.717, 1.165) is 19.2 Å². The average Bonchev–Trinajstić information content (AvgIpc) is 3.09. The number of nitrogens with zero attached hydrogens (tertiary/aromatic N) is 2. The number of rotatable bonds is 4. The quantitative estimate of drug-likeness (QED) is 0.765. The maximum atomic E-state index is 5.95. The van der Waals surface area contributed by atoms with Gasteiger partial charge < -0.3 is 10.5 Å². The van der Waals surface area contributed by atoms with E-state index in [4.69, 9.17) is 10.5 Å². The van der Waals surface area contributed by atoms with Crippen molar-refractivity contribution in [2.75, 3.05) is 39.3 Å². The normalized spacial score (nSPS) is 34.1. The fourth-order valence-electron chi connectivity index (χ4n) is 3.32. The van der Waals surface area contributed by atoms with Crippen LogP contribution in [0.3, 0.4) is 0 Å². The summed E-state index contributed by atoms with van der Waals surface area (Å²) in [6.07, 6.45) is 5.65. The highest BCUT2D eigenvalue weighted by Gasteiger charge is 2.35. The number of piperazine rings is 1. The molecule has 3 aliphatic rings. The molecule has 4 nitrogen and oxygen atoms in total. The fraction of sp³-hybridized carbons (Fsp3) is 1.00. The van der Waals surface area contributed by atoms with Crippen molar-refractivity contribution < 1.29 is 4.74 Å². The Morgan fingerprint density at radius 3 is 2.41 bits per heavy atom. The minimum atomic E-state index is 0.396. The summed E-state index contributed by atoms with van der Waals surface area (Å²) in [4.78, 5) is 5.22. The molecule has 0 aromatic rings. The lowest BCUT2D eigenvalue weighted by Gasteiger charge is -2.40. The first-order chi connectivity index (χ1) is 8.38. The summed E-state index contributed by atoms with van der Waals surface area (Å²) in [6, 6.07) is 1.37. The standard InChI is InChI=1S/C13H25N3O/c14-10-12(13-2-1-9-17-13)16-7-5-15(6-8-16)11-3-4-11/h11-13H,1-10,14H2. The Labute approximate surface area is 104 Å². The van der Waals surface area contributed by atoms with Gasteiger partial charge in [0.25, 0.3) is 0 Å². The Bertz CT molecular complexity index is 243. The molecule has 98 valence electrons. The lowest BCUT2D eigenvalue weighted by Crippen LogP contribution is -2.56. The van der Waals surface area contributed by atoms with Gasteiger partial charge >= 0.3 is 0 Å².